The Morgan fingerprint density at radius 3 is 1.11 bits per heavy atom. The molecule has 10 heteroatoms. The quantitative estimate of drug-likeness (QED) is 0.0439. The Kier molecular flexibility index (Phi) is 15.1. The molecule has 0 heterocycles. The standard InChI is InChI=1S/C51H62O8Si2/c1-7-54-60(55-8-2,56-9-3)33-17-31-52-45-29-25-39-35-43(27-23-41(39)37-45)51(49-21-15-13-19-47(49)48-20-14-16-22-50(48)51)44-28-24-42-38-46(30-26-40(42)36-44)53-32-18-34-61(57-10-4,58-11-5)59-12-6/h13-16,19-30,35-38H,7-12,17-18,31-34H2,1-6H3. The minimum absolute atomic E-state index is 0.532. The molecule has 0 aromatic heterocycles. The predicted octanol–water partition coefficient (Wildman–Crippen LogP) is 12.0. The van der Waals surface area contributed by atoms with Crippen molar-refractivity contribution >= 4 is 39.2 Å². The summed E-state index contributed by atoms with van der Waals surface area (Å²) in [5, 5.41) is 4.58. The molecule has 6 aromatic rings. The van der Waals surface area contributed by atoms with E-state index in [2.05, 4.69) is 121 Å². The lowest BCUT2D eigenvalue weighted by molar-refractivity contribution is 0.0689. The fraction of sp³-hybridized carbons (Fsp3) is 0.373. The van der Waals surface area contributed by atoms with Gasteiger partial charge in [-0.15, -0.1) is 0 Å². The zero-order valence-electron chi connectivity index (χ0n) is 36.8. The fourth-order valence-electron chi connectivity index (χ4n) is 9.08. The van der Waals surface area contributed by atoms with E-state index in [1.807, 2.05) is 41.5 Å². The Labute approximate surface area is 364 Å². The Balaban J connectivity index is 1.16. The molecule has 0 bridgehead atoms. The Morgan fingerprint density at radius 2 is 0.738 bits per heavy atom. The first-order valence-electron chi connectivity index (χ1n) is 22.2. The van der Waals surface area contributed by atoms with Gasteiger partial charge in [0.2, 0.25) is 0 Å². The van der Waals surface area contributed by atoms with E-state index in [0.29, 0.717) is 52.9 Å². The van der Waals surface area contributed by atoms with Gasteiger partial charge in [-0.2, -0.15) is 0 Å². The van der Waals surface area contributed by atoms with Gasteiger partial charge in [0, 0.05) is 51.7 Å². The van der Waals surface area contributed by atoms with Crippen molar-refractivity contribution in [3.05, 3.63) is 144 Å². The maximum atomic E-state index is 6.31. The molecule has 0 radical (unpaired) electrons. The summed E-state index contributed by atoms with van der Waals surface area (Å²) in [7, 11) is -5.43. The second-order valence-electron chi connectivity index (χ2n) is 15.2. The third-order valence-electron chi connectivity index (χ3n) is 11.4. The van der Waals surface area contributed by atoms with Crippen LogP contribution >= 0.6 is 0 Å². The van der Waals surface area contributed by atoms with Gasteiger partial charge in [-0.3, -0.25) is 0 Å². The molecule has 322 valence electrons. The highest BCUT2D eigenvalue weighted by Gasteiger charge is 2.46. The summed E-state index contributed by atoms with van der Waals surface area (Å²) in [6.45, 7) is 16.5. The summed E-state index contributed by atoms with van der Waals surface area (Å²) in [6, 6.07) is 45.9. The SMILES string of the molecule is CCO[Si](CCCOc1ccc2cc(C3(c4ccc5cc(OCCC[Si](OCC)(OCC)OCC)ccc5c4)c4ccccc4-c4ccccc43)ccc2c1)(OCC)OCC. The second-order valence-corrected chi connectivity index (χ2v) is 20.6. The van der Waals surface area contributed by atoms with E-state index in [0.717, 1.165) is 58.0 Å². The van der Waals surface area contributed by atoms with Crippen LogP contribution in [0.5, 0.6) is 11.5 Å². The molecule has 0 saturated carbocycles. The topological polar surface area (TPSA) is 73.8 Å². The van der Waals surface area contributed by atoms with Crippen molar-refractivity contribution in [3.8, 4) is 22.6 Å². The molecule has 0 atom stereocenters. The van der Waals surface area contributed by atoms with E-state index in [1.54, 1.807) is 0 Å². The molecular formula is C51H62O8Si2. The summed E-state index contributed by atoms with van der Waals surface area (Å²) >= 11 is 0. The second kappa shape index (κ2) is 20.7. The van der Waals surface area contributed by atoms with Crippen LogP contribution in [0.1, 0.15) is 76.6 Å². The minimum Gasteiger partial charge on any atom is -0.494 e. The predicted molar refractivity (Wildman–Crippen MR) is 250 cm³/mol. The molecule has 0 aliphatic heterocycles. The molecule has 0 N–H and O–H groups in total. The smallest absolute Gasteiger partial charge is 0.494 e. The van der Waals surface area contributed by atoms with Gasteiger partial charge in [-0.25, -0.2) is 0 Å². The van der Waals surface area contributed by atoms with Crippen molar-refractivity contribution in [2.24, 2.45) is 0 Å². The van der Waals surface area contributed by atoms with Gasteiger partial charge in [0.1, 0.15) is 11.5 Å². The van der Waals surface area contributed by atoms with Gasteiger partial charge in [-0.1, -0.05) is 84.9 Å². The third kappa shape index (κ3) is 9.52. The molecule has 1 aliphatic carbocycles. The molecule has 0 unspecified atom stereocenters. The van der Waals surface area contributed by atoms with Crippen molar-refractivity contribution in [2.75, 3.05) is 52.9 Å². The zero-order valence-corrected chi connectivity index (χ0v) is 38.8. The normalized spacial score (nSPS) is 13.4. The van der Waals surface area contributed by atoms with Gasteiger partial charge in [-0.05, 0) is 146 Å². The van der Waals surface area contributed by atoms with Crippen molar-refractivity contribution in [1.29, 1.82) is 0 Å². The molecule has 6 aromatic carbocycles. The largest absolute Gasteiger partial charge is 0.501 e. The van der Waals surface area contributed by atoms with E-state index in [4.69, 9.17) is 36.0 Å². The lowest BCUT2D eigenvalue weighted by Gasteiger charge is -2.34. The van der Waals surface area contributed by atoms with Crippen molar-refractivity contribution in [2.45, 2.75) is 71.9 Å². The van der Waals surface area contributed by atoms with Gasteiger partial charge in [0.25, 0.3) is 0 Å². The number of ether oxygens (including phenoxy) is 2. The third-order valence-corrected chi connectivity index (χ3v) is 17.7. The van der Waals surface area contributed by atoms with Crippen LogP contribution in [0.2, 0.25) is 12.1 Å². The van der Waals surface area contributed by atoms with E-state index in [1.165, 1.54) is 33.4 Å². The number of hydrogen-bond acceptors (Lipinski definition) is 8. The maximum Gasteiger partial charge on any atom is 0.501 e. The number of benzene rings is 6. The highest BCUT2D eigenvalue weighted by Crippen LogP contribution is 2.56. The van der Waals surface area contributed by atoms with Gasteiger partial charge >= 0.3 is 17.6 Å². The lowest BCUT2D eigenvalue weighted by Crippen LogP contribution is -2.46. The average Bonchev–Trinajstić information content (AvgIpc) is 3.58. The van der Waals surface area contributed by atoms with Crippen molar-refractivity contribution in [3.63, 3.8) is 0 Å². The van der Waals surface area contributed by atoms with Crippen molar-refractivity contribution in [1.82, 2.24) is 0 Å². The Bertz CT molecular complexity index is 2170. The monoisotopic (exact) mass is 858 g/mol. The van der Waals surface area contributed by atoms with E-state index in [9.17, 15) is 0 Å². The highest BCUT2D eigenvalue weighted by molar-refractivity contribution is 6.61. The molecule has 1 aliphatic rings. The lowest BCUT2D eigenvalue weighted by atomic mass is 9.67. The Morgan fingerprint density at radius 1 is 0.393 bits per heavy atom. The fourth-order valence-corrected chi connectivity index (χ4v) is 14.2. The van der Waals surface area contributed by atoms with E-state index >= 15 is 0 Å². The van der Waals surface area contributed by atoms with Crippen LogP contribution in [0.3, 0.4) is 0 Å². The minimum atomic E-state index is -2.71. The van der Waals surface area contributed by atoms with Crippen LogP contribution in [-0.4, -0.2) is 70.5 Å². The summed E-state index contributed by atoms with van der Waals surface area (Å²) in [5.41, 5.74) is 7.01. The van der Waals surface area contributed by atoms with Crippen LogP contribution < -0.4 is 9.47 Å². The first kappa shape index (κ1) is 44.7. The van der Waals surface area contributed by atoms with Gasteiger partial charge in [0.15, 0.2) is 0 Å². The molecule has 7 rings (SSSR count). The number of rotatable bonds is 24. The van der Waals surface area contributed by atoms with Crippen LogP contribution in [-0.2, 0) is 32.0 Å². The molecule has 0 spiro atoms. The van der Waals surface area contributed by atoms with E-state index < -0.39 is 23.0 Å². The molecular weight excluding hydrogens is 797 g/mol. The summed E-state index contributed by atoms with van der Waals surface area (Å²) in [4.78, 5) is 0. The first-order chi connectivity index (χ1) is 29.9. The number of fused-ring (bicyclic) bond motifs is 5. The zero-order chi connectivity index (χ0) is 42.7. The molecule has 0 saturated heterocycles. The molecule has 8 nitrogen and oxygen atoms in total. The molecule has 0 fully saturated rings. The summed E-state index contributed by atoms with van der Waals surface area (Å²) in [5.74, 6) is 1.69. The first-order valence-corrected chi connectivity index (χ1v) is 26.1. The van der Waals surface area contributed by atoms with Gasteiger partial charge < -0.3 is 36.0 Å². The van der Waals surface area contributed by atoms with Crippen LogP contribution in [0.25, 0.3) is 32.7 Å². The highest BCUT2D eigenvalue weighted by atomic mass is 28.4. The maximum absolute atomic E-state index is 6.31. The average molecular weight is 859 g/mol. The molecule has 61 heavy (non-hydrogen) atoms. The van der Waals surface area contributed by atoms with Crippen LogP contribution in [0.15, 0.2) is 121 Å². The van der Waals surface area contributed by atoms with Crippen molar-refractivity contribution < 1.29 is 36.0 Å². The Hall–Kier alpha value is -4.37. The van der Waals surface area contributed by atoms with Crippen LogP contribution in [0.4, 0.5) is 0 Å². The summed E-state index contributed by atoms with van der Waals surface area (Å²) < 4.78 is 48.9. The number of hydrogen-bond donors (Lipinski definition) is 0. The van der Waals surface area contributed by atoms with Gasteiger partial charge in [0.05, 0.1) is 18.6 Å². The summed E-state index contributed by atoms with van der Waals surface area (Å²) in [6.07, 6.45) is 1.57. The van der Waals surface area contributed by atoms with Crippen LogP contribution in [0, 0.1) is 0 Å². The molecule has 0 amide bonds. The van der Waals surface area contributed by atoms with E-state index in [-0.39, 0.29) is 0 Å².